The molecule has 0 aliphatic rings. The van der Waals surface area contributed by atoms with Gasteiger partial charge in [-0.25, -0.2) is 0 Å². The molecule has 0 bridgehead atoms. The second kappa shape index (κ2) is 10.2. The monoisotopic (exact) mass is 464 g/mol. The van der Waals surface area contributed by atoms with E-state index in [-0.39, 0.29) is 17.7 Å². The van der Waals surface area contributed by atoms with Gasteiger partial charge in [0.25, 0.3) is 5.91 Å². The lowest BCUT2D eigenvalue weighted by Crippen LogP contribution is -2.47. The van der Waals surface area contributed by atoms with Crippen LogP contribution in [0.4, 0.5) is 5.69 Å². The summed E-state index contributed by atoms with van der Waals surface area (Å²) in [7, 11) is 0. The number of amides is 2. The Morgan fingerprint density at radius 2 is 1.50 bits per heavy atom. The molecular formula is C25H25BrN2O2. The molecule has 30 heavy (non-hydrogen) atoms. The molecule has 2 N–H and O–H groups in total. The lowest BCUT2D eigenvalue weighted by Gasteiger charge is -2.23. The third-order valence-corrected chi connectivity index (χ3v) is 5.56. The number of benzene rings is 3. The Labute approximate surface area is 185 Å². The van der Waals surface area contributed by atoms with E-state index >= 15 is 0 Å². The van der Waals surface area contributed by atoms with E-state index in [9.17, 15) is 9.59 Å². The molecule has 0 aromatic heterocycles. The molecule has 0 heterocycles. The van der Waals surface area contributed by atoms with E-state index in [2.05, 4.69) is 38.7 Å². The number of halogens is 1. The SMILES string of the molecule is CC(C)C(NC(=O)c1ccccc1Br)C(=O)Nc1ccccc1Cc1ccccc1. The van der Waals surface area contributed by atoms with Gasteiger partial charge in [-0.1, -0.05) is 74.5 Å². The van der Waals surface area contributed by atoms with Gasteiger partial charge in [0.2, 0.25) is 5.91 Å². The molecule has 0 radical (unpaired) electrons. The van der Waals surface area contributed by atoms with Crippen molar-refractivity contribution in [2.24, 2.45) is 5.92 Å². The highest BCUT2D eigenvalue weighted by molar-refractivity contribution is 9.10. The minimum Gasteiger partial charge on any atom is -0.340 e. The lowest BCUT2D eigenvalue weighted by molar-refractivity contribution is -0.118. The van der Waals surface area contributed by atoms with E-state index in [0.717, 1.165) is 11.3 Å². The highest BCUT2D eigenvalue weighted by Gasteiger charge is 2.26. The molecule has 4 nitrogen and oxygen atoms in total. The quantitative estimate of drug-likeness (QED) is 0.489. The number of hydrogen-bond acceptors (Lipinski definition) is 2. The van der Waals surface area contributed by atoms with Gasteiger partial charge in [0.05, 0.1) is 5.56 Å². The van der Waals surface area contributed by atoms with Crippen LogP contribution in [-0.4, -0.2) is 17.9 Å². The van der Waals surface area contributed by atoms with Crippen LogP contribution < -0.4 is 10.6 Å². The van der Waals surface area contributed by atoms with E-state index in [1.54, 1.807) is 18.2 Å². The first-order chi connectivity index (χ1) is 14.5. The molecule has 3 rings (SSSR count). The van der Waals surface area contributed by atoms with E-state index < -0.39 is 6.04 Å². The second-order valence-electron chi connectivity index (χ2n) is 7.48. The Hall–Kier alpha value is -2.92. The summed E-state index contributed by atoms with van der Waals surface area (Å²) in [4.78, 5) is 25.8. The highest BCUT2D eigenvalue weighted by atomic mass is 79.9. The van der Waals surface area contributed by atoms with Crippen LogP contribution in [0.15, 0.2) is 83.3 Å². The molecule has 0 aliphatic carbocycles. The zero-order chi connectivity index (χ0) is 21.5. The molecule has 0 fully saturated rings. The molecule has 0 saturated heterocycles. The first-order valence-corrected chi connectivity index (χ1v) is 10.7. The minimum atomic E-state index is -0.658. The Bertz CT molecular complexity index is 1020. The van der Waals surface area contributed by atoms with Gasteiger partial charge >= 0.3 is 0 Å². The maximum absolute atomic E-state index is 13.1. The van der Waals surface area contributed by atoms with Crippen LogP contribution in [0.2, 0.25) is 0 Å². The summed E-state index contributed by atoms with van der Waals surface area (Å²) in [6, 6.07) is 24.4. The van der Waals surface area contributed by atoms with E-state index in [4.69, 9.17) is 0 Å². The van der Waals surface area contributed by atoms with Gasteiger partial charge in [0, 0.05) is 10.2 Å². The first kappa shape index (κ1) is 21.8. The number of carbonyl (C=O) groups excluding carboxylic acids is 2. The van der Waals surface area contributed by atoms with Gasteiger partial charge in [-0.15, -0.1) is 0 Å². The summed E-state index contributed by atoms with van der Waals surface area (Å²) < 4.78 is 0.693. The van der Waals surface area contributed by atoms with Crippen LogP contribution in [-0.2, 0) is 11.2 Å². The zero-order valence-corrected chi connectivity index (χ0v) is 18.6. The zero-order valence-electron chi connectivity index (χ0n) is 17.1. The van der Waals surface area contributed by atoms with Gasteiger partial charge in [-0.3, -0.25) is 9.59 Å². The fraction of sp³-hybridized carbons (Fsp3) is 0.200. The van der Waals surface area contributed by atoms with Gasteiger partial charge in [0.1, 0.15) is 6.04 Å². The van der Waals surface area contributed by atoms with Crippen molar-refractivity contribution in [3.8, 4) is 0 Å². The van der Waals surface area contributed by atoms with Crippen LogP contribution in [0.5, 0.6) is 0 Å². The first-order valence-electron chi connectivity index (χ1n) is 9.94. The van der Waals surface area contributed by atoms with E-state index in [1.165, 1.54) is 5.56 Å². The average Bonchev–Trinajstić information content (AvgIpc) is 2.74. The molecule has 5 heteroatoms. The van der Waals surface area contributed by atoms with Crippen molar-refractivity contribution in [2.45, 2.75) is 26.3 Å². The van der Waals surface area contributed by atoms with Crippen molar-refractivity contribution >= 4 is 33.4 Å². The summed E-state index contributed by atoms with van der Waals surface area (Å²) in [6.45, 7) is 3.83. The van der Waals surface area contributed by atoms with Crippen molar-refractivity contribution in [3.05, 3.63) is 100 Å². The minimum absolute atomic E-state index is 0.0716. The molecule has 2 amide bonds. The molecular weight excluding hydrogens is 440 g/mol. The second-order valence-corrected chi connectivity index (χ2v) is 8.34. The Morgan fingerprint density at radius 1 is 0.867 bits per heavy atom. The normalized spacial score (nSPS) is 11.7. The summed E-state index contributed by atoms with van der Waals surface area (Å²) in [6.07, 6.45) is 0.715. The van der Waals surface area contributed by atoms with E-state index in [1.807, 2.05) is 62.4 Å². The number of nitrogens with one attached hydrogen (secondary N) is 2. The number of hydrogen-bond donors (Lipinski definition) is 2. The topological polar surface area (TPSA) is 58.2 Å². The molecule has 3 aromatic carbocycles. The maximum atomic E-state index is 13.1. The van der Waals surface area contributed by atoms with Crippen molar-refractivity contribution in [1.29, 1.82) is 0 Å². The van der Waals surface area contributed by atoms with Gasteiger partial charge in [0.15, 0.2) is 0 Å². The van der Waals surface area contributed by atoms with Crippen LogP contribution in [0.1, 0.15) is 35.3 Å². The van der Waals surface area contributed by atoms with Crippen molar-refractivity contribution in [1.82, 2.24) is 5.32 Å². The molecule has 1 unspecified atom stereocenters. The molecule has 0 spiro atoms. The lowest BCUT2D eigenvalue weighted by atomic mass is 10.0. The maximum Gasteiger partial charge on any atom is 0.253 e. The van der Waals surface area contributed by atoms with Crippen LogP contribution in [0.25, 0.3) is 0 Å². The third kappa shape index (κ3) is 5.57. The number of anilines is 1. The number of carbonyl (C=O) groups is 2. The standard InChI is InChI=1S/C25H25BrN2O2/c1-17(2)23(28-24(29)20-13-7-8-14-21(20)26)25(30)27-22-15-9-6-12-19(22)16-18-10-4-3-5-11-18/h3-15,17,23H,16H2,1-2H3,(H,27,30)(H,28,29). The summed E-state index contributed by atoms with van der Waals surface area (Å²) in [5, 5.41) is 5.90. The smallest absolute Gasteiger partial charge is 0.253 e. The van der Waals surface area contributed by atoms with E-state index in [0.29, 0.717) is 16.5 Å². The molecule has 0 aliphatic heterocycles. The van der Waals surface area contributed by atoms with Crippen molar-refractivity contribution < 1.29 is 9.59 Å². The molecule has 0 saturated carbocycles. The van der Waals surface area contributed by atoms with Crippen LogP contribution >= 0.6 is 15.9 Å². The highest BCUT2D eigenvalue weighted by Crippen LogP contribution is 2.21. The van der Waals surface area contributed by atoms with Gasteiger partial charge in [-0.2, -0.15) is 0 Å². The Morgan fingerprint density at radius 3 is 2.20 bits per heavy atom. The summed E-state index contributed by atoms with van der Waals surface area (Å²) in [5.74, 6) is -0.586. The largest absolute Gasteiger partial charge is 0.340 e. The van der Waals surface area contributed by atoms with Crippen LogP contribution in [0.3, 0.4) is 0 Å². The number of rotatable bonds is 7. The summed E-state index contributed by atoms with van der Waals surface area (Å²) >= 11 is 3.39. The fourth-order valence-corrected chi connectivity index (χ4v) is 3.69. The fourth-order valence-electron chi connectivity index (χ4n) is 3.22. The Kier molecular flexibility index (Phi) is 7.41. The predicted octanol–water partition coefficient (Wildman–Crippen LogP) is 5.43. The average molecular weight is 465 g/mol. The Balaban J connectivity index is 1.76. The molecule has 154 valence electrons. The van der Waals surface area contributed by atoms with Gasteiger partial charge < -0.3 is 10.6 Å². The van der Waals surface area contributed by atoms with Gasteiger partial charge in [-0.05, 0) is 57.6 Å². The number of para-hydroxylation sites is 1. The van der Waals surface area contributed by atoms with Crippen LogP contribution in [0, 0.1) is 5.92 Å². The summed E-state index contributed by atoms with van der Waals surface area (Å²) in [5.41, 5.74) is 3.45. The van der Waals surface area contributed by atoms with Crippen molar-refractivity contribution in [2.75, 3.05) is 5.32 Å². The third-order valence-electron chi connectivity index (χ3n) is 4.87. The predicted molar refractivity (Wildman–Crippen MR) is 125 cm³/mol. The molecule has 1 atom stereocenters. The van der Waals surface area contributed by atoms with Crippen molar-refractivity contribution in [3.63, 3.8) is 0 Å². The molecule has 3 aromatic rings.